The van der Waals surface area contributed by atoms with Crippen LogP contribution < -0.4 is 0 Å². The van der Waals surface area contributed by atoms with Crippen LogP contribution in [0.5, 0.6) is 0 Å². The molecule has 2 amide bonds. The summed E-state index contributed by atoms with van der Waals surface area (Å²) in [6, 6.07) is 0.394. The van der Waals surface area contributed by atoms with Crippen LogP contribution in [0.4, 0.5) is 0 Å². The van der Waals surface area contributed by atoms with E-state index in [2.05, 4.69) is 25.7 Å². The second-order valence-electron chi connectivity index (χ2n) is 6.68. The van der Waals surface area contributed by atoms with Gasteiger partial charge in [0.05, 0.1) is 5.92 Å². The molecule has 0 aliphatic carbocycles. The van der Waals surface area contributed by atoms with E-state index in [4.69, 9.17) is 0 Å². The molecule has 2 aliphatic rings. The number of hydrogen-bond donors (Lipinski definition) is 0. The Morgan fingerprint density at radius 1 is 1.35 bits per heavy atom. The fraction of sp³-hybridized carbons (Fsp3) is 0.875. The monoisotopic (exact) mass is 280 g/mol. The lowest BCUT2D eigenvalue weighted by Crippen LogP contribution is -2.46. The van der Waals surface area contributed by atoms with Crippen LogP contribution in [0.25, 0.3) is 0 Å². The highest BCUT2D eigenvalue weighted by atomic mass is 16.2. The van der Waals surface area contributed by atoms with Crippen molar-refractivity contribution in [1.82, 2.24) is 9.80 Å². The lowest BCUT2D eigenvalue weighted by Gasteiger charge is -2.36. The number of piperidine rings is 1. The first-order valence-electron chi connectivity index (χ1n) is 8.11. The van der Waals surface area contributed by atoms with Gasteiger partial charge in [-0.1, -0.05) is 20.8 Å². The molecule has 114 valence electrons. The molecule has 2 saturated heterocycles. The minimum absolute atomic E-state index is 0.103. The summed E-state index contributed by atoms with van der Waals surface area (Å²) in [6.45, 7) is 8.66. The van der Waals surface area contributed by atoms with Crippen molar-refractivity contribution in [2.24, 2.45) is 11.8 Å². The second-order valence-corrected chi connectivity index (χ2v) is 6.68. The molecule has 0 saturated carbocycles. The molecule has 0 aromatic heterocycles. The molecule has 0 aromatic rings. The van der Waals surface area contributed by atoms with Crippen molar-refractivity contribution in [3.05, 3.63) is 0 Å². The first kappa shape index (κ1) is 15.3. The molecule has 0 aromatic carbocycles. The normalized spacial score (nSPS) is 27.5. The summed E-state index contributed by atoms with van der Waals surface area (Å²) in [7, 11) is 0. The van der Waals surface area contributed by atoms with E-state index in [9.17, 15) is 9.59 Å². The maximum Gasteiger partial charge on any atom is 0.228 e. The molecule has 0 N–H and O–H groups in total. The Balaban J connectivity index is 1.97. The predicted molar refractivity (Wildman–Crippen MR) is 79.2 cm³/mol. The first-order valence-corrected chi connectivity index (χ1v) is 8.11. The Kier molecular flexibility index (Phi) is 5.06. The molecule has 2 atom stereocenters. The summed E-state index contributed by atoms with van der Waals surface area (Å²) in [6.07, 6.45) is 4.91. The Morgan fingerprint density at radius 2 is 2.10 bits per heavy atom. The van der Waals surface area contributed by atoms with E-state index in [0.717, 1.165) is 32.4 Å². The molecular weight excluding hydrogens is 252 g/mol. The highest BCUT2D eigenvalue weighted by Crippen LogP contribution is 2.26. The first-order chi connectivity index (χ1) is 9.52. The molecule has 4 heteroatoms. The van der Waals surface area contributed by atoms with Gasteiger partial charge in [0.1, 0.15) is 0 Å². The highest BCUT2D eigenvalue weighted by molar-refractivity contribution is 5.89. The van der Waals surface area contributed by atoms with Crippen LogP contribution in [0.2, 0.25) is 0 Å². The van der Waals surface area contributed by atoms with Crippen LogP contribution in [-0.2, 0) is 9.59 Å². The van der Waals surface area contributed by atoms with Crippen LogP contribution in [0.15, 0.2) is 0 Å². The number of amides is 2. The average molecular weight is 280 g/mol. The quantitative estimate of drug-likeness (QED) is 0.792. The van der Waals surface area contributed by atoms with Crippen molar-refractivity contribution in [1.29, 1.82) is 0 Å². The lowest BCUT2D eigenvalue weighted by molar-refractivity contribution is -0.139. The van der Waals surface area contributed by atoms with Crippen molar-refractivity contribution in [2.75, 3.05) is 19.6 Å². The van der Waals surface area contributed by atoms with Gasteiger partial charge in [-0.2, -0.15) is 0 Å². The number of nitrogens with zero attached hydrogens (tertiary/aromatic N) is 2. The Hall–Kier alpha value is -1.06. The van der Waals surface area contributed by atoms with Gasteiger partial charge in [0.15, 0.2) is 0 Å². The minimum Gasteiger partial charge on any atom is -0.342 e. The number of hydrogen-bond acceptors (Lipinski definition) is 2. The maximum atomic E-state index is 12.7. The molecule has 4 nitrogen and oxygen atoms in total. The number of carbonyl (C=O) groups excluding carboxylic acids is 2. The summed E-state index contributed by atoms with van der Waals surface area (Å²) in [4.78, 5) is 28.6. The molecule has 2 aliphatic heterocycles. The number of carbonyl (C=O) groups is 2. The van der Waals surface area contributed by atoms with Crippen molar-refractivity contribution < 1.29 is 9.59 Å². The van der Waals surface area contributed by atoms with Crippen LogP contribution in [0, 0.1) is 11.8 Å². The van der Waals surface area contributed by atoms with Crippen molar-refractivity contribution in [3.8, 4) is 0 Å². The average Bonchev–Trinajstić information content (AvgIpc) is 2.78. The molecule has 2 unspecified atom stereocenters. The smallest absolute Gasteiger partial charge is 0.228 e. The zero-order valence-electron chi connectivity index (χ0n) is 13.1. The largest absolute Gasteiger partial charge is 0.342 e. The fourth-order valence-electron chi connectivity index (χ4n) is 3.50. The third-order valence-electron chi connectivity index (χ3n) is 4.53. The number of likely N-dealkylation sites (tertiary alicyclic amines) is 2. The summed E-state index contributed by atoms with van der Waals surface area (Å²) in [5, 5.41) is 0. The van der Waals surface area contributed by atoms with E-state index >= 15 is 0 Å². The topological polar surface area (TPSA) is 40.6 Å². The van der Waals surface area contributed by atoms with Gasteiger partial charge in [0.2, 0.25) is 11.8 Å². The fourth-order valence-corrected chi connectivity index (χ4v) is 3.50. The van der Waals surface area contributed by atoms with Gasteiger partial charge in [-0.3, -0.25) is 9.59 Å². The molecule has 2 rings (SSSR count). The van der Waals surface area contributed by atoms with E-state index in [0.29, 0.717) is 24.9 Å². The van der Waals surface area contributed by atoms with Crippen LogP contribution in [-0.4, -0.2) is 47.3 Å². The zero-order valence-corrected chi connectivity index (χ0v) is 13.1. The van der Waals surface area contributed by atoms with Gasteiger partial charge in [0.25, 0.3) is 0 Å². The zero-order chi connectivity index (χ0) is 14.7. The van der Waals surface area contributed by atoms with Crippen molar-refractivity contribution >= 4 is 11.8 Å². The van der Waals surface area contributed by atoms with E-state index < -0.39 is 0 Å². The Bertz CT molecular complexity index is 367. The van der Waals surface area contributed by atoms with Crippen molar-refractivity contribution in [2.45, 2.75) is 58.9 Å². The molecule has 0 spiro atoms. The summed E-state index contributed by atoms with van der Waals surface area (Å²) in [5.74, 6) is 0.734. The Morgan fingerprint density at radius 3 is 2.75 bits per heavy atom. The third kappa shape index (κ3) is 3.33. The molecule has 2 heterocycles. The van der Waals surface area contributed by atoms with E-state index in [1.165, 1.54) is 6.42 Å². The second kappa shape index (κ2) is 6.59. The van der Waals surface area contributed by atoms with Crippen LogP contribution in [0.3, 0.4) is 0 Å². The van der Waals surface area contributed by atoms with E-state index in [1.54, 1.807) is 0 Å². The van der Waals surface area contributed by atoms with Gasteiger partial charge in [0, 0.05) is 32.1 Å². The van der Waals surface area contributed by atoms with Crippen molar-refractivity contribution in [3.63, 3.8) is 0 Å². The maximum absolute atomic E-state index is 12.7. The predicted octanol–water partition coefficient (Wildman–Crippen LogP) is 2.28. The molecule has 2 fully saturated rings. The minimum atomic E-state index is -0.103. The molecule has 0 radical (unpaired) electrons. The van der Waals surface area contributed by atoms with Gasteiger partial charge in [-0.15, -0.1) is 0 Å². The van der Waals surface area contributed by atoms with Gasteiger partial charge < -0.3 is 9.80 Å². The van der Waals surface area contributed by atoms with Gasteiger partial charge in [-0.05, 0) is 31.6 Å². The highest BCUT2D eigenvalue weighted by Gasteiger charge is 2.38. The lowest BCUT2D eigenvalue weighted by atomic mass is 9.97. The summed E-state index contributed by atoms with van der Waals surface area (Å²) < 4.78 is 0. The van der Waals surface area contributed by atoms with Gasteiger partial charge in [-0.25, -0.2) is 0 Å². The third-order valence-corrected chi connectivity index (χ3v) is 4.53. The molecular formula is C16H28N2O2. The summed E-state index contributed by atoms with van der Waals surface area (Å²) >= 11 is 0. The number of rotatable bonds is 4. The summed E-state index contributed by atoms with van der Waals surface area (Å²) in [5.41, 5.74) is 0. The van der Waals surface area contributed by atoms with Crippen LogP contribution in [0.1, 0.15) is 52.9 Å². The van der Waals surface area contributed by atoms with E-state index in [1.807, 2.05) is 4.90 Å². The van der Waals surface area contributed by atoms with E-state index in [-0.39, 0.29) is 17.7 Å². The molecule has 20 heavy (non-hydrogen) atoms. The SMILES string of the molecule is CCC1CCCCN1C(=O)C1CC(=O)N(CC(C)C)C1. The molecule has 0 bridgehead atoms. The van der Waals surface area contributed by atoms with Gasteiger partial charge >= 0.3 is 0 Å². The standard InChI is InChI=1S/C16H28N2O2/c1-4-14-7-5-6-8-18(14)16(20)13-9-15(19)17(11-13)10-12(2)3/h12-14H,4-11H2,1-3H3. The van der Waals surface area contributed by atoms with Crippen LogP contribution >= 0.6 is 0 Å². The Labute approximate surface area is 122 Å².